The van der Waals surface area contributed by atoms with Gasteiger partial charge in [-0.25, -0.2) is 4.98 Å². The highest BCUT2D eigenvalue weighted by Gasteiger charge is 2.13. The van der Waals surface area contributed by atoms with Crippen LogP contribution < -0.4 is 0 Å². The van der Waals surface area contributed by atoms with Gasteiger partial charge in [0.25, 0.3) is 0 Å². The number of aliphatic hydroxyl groups is 1. The summed E-state index contributed by atoms with van der Waals surface area (Å²) in [5.74, 6) is 0. The van der Waals surface area contributed by atoms with Crippen LogP contribution in [0.2, 0.25) is 0 Å². The summed E-state index contributed by atoms with van der Waals surface area (Å²) >= 11 is 1.66. The first-order chi connectivity index (χ1) is 6.11. The van der Waals surface area contributed by atoms with Gasteiger partial charge in [0.05, 0.1) is 18.0 Å². The van der Waals surface area contributed by atoms with Crippen molar-refractivity contribution in [2.45, 2.75) is 26.9 Å². The molecule has 2 heterocycles. The fraction of sp³-hybridized carbons (Fsp3) is 0.444. The Morgan fingerprint density at radius 1 is 1.54 bits per heavy atom. The minimum absolute atomic E-state index is 0.456. The molecule has 0 bridgehead atoms. The molecule has 0 aromatic carbocycles. The average Bonchev–Trinajstić information content (AvgIpc) is 2.55. The van der Waals surface area contributed by atoms with E-state index < -0.39 is 6.10 Å². The molecule has 1 unspecified atom stereocenters. The first-order valence-corrected chi connectivity index (χ1v) is 5.04. The molecule has 0 aliphatic carbocycles. The lowest BCUT2D eigenvalue weighted by molar-refractivity contribution is 0.193. The van der Waals surface area contributed by atoms with E-state index in [9.17, 15) is 5.11 Å². The number of imidazole rings is 1. The van der Waals surface area contributed by atoms with Crippen LogP contribution in [0.1, 0.15) is 29.3 Å². The van der Waals surface area contributed by atoms with E-state index >= 15 is 0 Å². The molecule has 13 heavy (non-hydrogen) atoms. The van der Waals surface area contributed by atoms with E-state index in [-0.39, 0.29) is 0 Å². The Balaban J connectivity index is 2.78. The normalized spacial score (nSPS) is 13.8. The number of aromatic nitrogens is 2. The highest BCUT2D eigenvalue weighted by molar-refractivity contribution is 7.17. The molecule has 0 aliphatic heterocycles. The Morgan fingerprint density at radius 2 is 2.23 bits per heavy atom. The average molecular weight is 196 g/mol. The van der Waals surface area contributed by atoms with Gasteiger partial charge in [-0.3, -0.25) is 4.40 Å². The maximum Gasteiger partial charge on any atom is 0.194 e. The van der Waals surface area contributed by atoms with Crippen LogP contribution in [0.3, 0.4) is 0 Å². The van der Waals surface area contributed by atoms with Crippen molar-refractivity contribution >= 4 is 16.3 Å². The van der Waals surface area contributed by atoms with Crippen LogP contribution in [-0.4, -0.2) is 14.5 Å². The number of fused-ring (bicyclic) bond motifs is 1. The van der Waals surface area contributed by atoms with E-state index in [4.69, 9.17) is 0 Å². The second-order valence-corrected chi connectivity index (χ2v) is 4.40. The number of thiazole rings is 1. The van der Waals surface area contributed by atoms with Gasteiger partial charge in [0.2, 0.25) is 0 Å². The van der Waals surface area contributed by atoms with Gasteiger partial charge in [-0.2, -0.15) is 0 Å². The molecule has 1 N–H and O–H groups in total. The van der Waals surface area contributed by atoms with E-state index in [1.807, 2.05) is 11.3 Å². The van der Waals surface area contributed by atoms with Gasteiger partial charge in [0.1, 0.15) is 0 Å². The fourth-order valence-electron chi connectivity index (χ4n) is 1.42. The molecule has 0 saturated carbocycles. The van der Waals surface area contributed by atoms with Crippen LogP contribution in [0.15, 0.2) is 6.20 Å². The lowest BCUT2D eigenvalue weighted by Crippen LogP contribution is -1.97. The summed E-state index contributed by atoms with van der Waals surface area (Å²) in [7, 11) is 0. The summed E-state index contributed by atoms with van der Waals surface area (Å²) in [5.41, 5.74) is 2.05. The van der Waals surface area contributed by atoms with E-state index in [0.29, 0.717) is 0 Å². The van der Waals surface area contributed by atoms with E-state index in [2.05, 4.69) is 11.9 Å². The van der Waals surface area contributed by atoms with E-state index in [0.717, 1.165) is 10.7 Å². The topological polar surface area (TPSA) is 37.5 Å². The molecule has 2 aromatic rings. The number of rotatable bonds is 1. The number of nitrogens with zero attached hydrogens (tertiary/aromatic N) is 2. The summed E-state index contributed by atoms with van der Waals surface area (Å²) < 4.78 is 2.02. The number of aliphatic hydroxyl groups excluding tert-OH is 1. The molecule has 3 nitrogen and oxygen atoms in total. The van der Waals surface area contributed by atoms with Crippen molar-refractivity contribution < 1.29 is 5.11 Å². The second kappa shape index (κ2) is 2.82. The molecule has 0 aliphatic rings. The van der Waals surface area contributed by atoms with Gasteiger partial charge in [0, 0.05) is 10.6 Å². The van der Waals surface area contributed by atoms with Gasteiger partial charge in [-0.15, -0.1) is 11.3 Å². The third-order valence-corrected chi connectivity index (χ3v) is 3.35. The predicted octanol–water partition coefficient (Wildman–Crippen LogP) is 2.07. The standard InChI is InChI=1S/C9H12N2OS/c1-5-7(3)13-9-10-4-8(6(2)12)11(5)9/h4,6,12H,1-3H3. The maximum absolute atomic E-state index is 9.49. The van der Waals surface area contributed by atoms with Crippen LogP contribution in [-0.2, 0) is 0 Å². The van der Waals surface area contributed by atoms with Crippen LogP contribution in [0.4, 0.5) is 0 Å². The summed E-state index contributed by atoms with van der Waals surface area (Å²) in [4.78, 5) is 6.46. The fourth-order valence-corrected chi connectivity index (χ4v) is 2.37. The molecular formula is C9H12N2OS. The number of hydrogen-bond donors (Lipinski definition) is 1. The van der Waals surface area contributed by atoms with Crippen molar-refractivity contribution in [2.24, 2.45) is 0 Å². The molecule has 70 valence electrons. The van der Waals surface area contributed by atoms with E-state index in [1.165, 1.54) is 10.6 Å². The number of aryl methyl sites for hydroxylation is 2. The zero-order valence-corrected chi connectivity index (χ0v) is 8.72. The zero-order valence-electron chi connectivity index (χ0n) is 7.90. The summed E-state index contributed by atoms with van der Waals surface area (Å²) in [6.45, 7) is 5.88. The van der Waals surface area contributed by atoms with Gasteiger partial charge >= 0.3 is 0 Å². The minimum atomic E-state index is -0.456. The predicted molar refractivity (Wildman–Crippen MR) is 53.2 cm³/mol. The lowest BCUT2D eigenvalue weighted by Gasteiger charge is -2.03. The van der Waals surface area contributed by atoms with Gasteiger partial charge in [0.15, 0.2) is 4.96 Å². The van der Waals surface area contributed by atoms with Crippen LogP contribution in [0, 0.1) is 13.8 Å². The van der Waals surface area contributed by atoms with Gasteiger partial charge < -0.3 is 5.11 Å². The Bertz CT molecular complexity index is 442. The Kier molecular flexibility index (Phi) is 1.89. The molecule has 0 saturated heterocycles. The van der Waals surface area contributed by atoms with Crippen molar-refractivity contribution in [1.29, 1.82) is 0 Å². The Morgan fingerprint density at radius 3 is 2.85 bits per heavy atom. The van der Waals surface area contributed by atoms with E-state index in [1.54, 1.807) is 24.5 Å². The summed E-state index contributed by atoms with van der Waals surface area (Å²) in [5, 5.41) is 9.49. The van der Waals surface area contributed by atoms with Crippen LogP contribution in [0.5, 0.6) is 0 Å². The molecule has 2 rings (SSSR count). The summed E-state index contributed by atoms with van der Waals surface area (Å²) in [6, 6.07) is 0. The minimum Gasteiger partial charge on any atom is -0.387 e. The molecule has 1 atom stereocenters. The van der Waals surface area contributed by atoms with Gasteiger partial charge in [-0.05, 0) is 20.8 Å². The first-order valence-electron chi connectivity index (χ1n) is 4.22. The Hall–Kier alpha value is -0.870. The lowest BCUT2D eigenvalue weighted by atomic mass is 10.3. The zero-order chi connectivity index (χ0) is 9.59. The molecule has 0 spiro atoms. The molecular weight excluding hydrogens is 184 g/mol. The molecule has 4 heteroatoms. The van der Waals surface area contributed by atoms with Crippen molar-refractivity contribution in [3.05, 3.63) is 22.5 Å². The molecule has 2 aromatic heterocycles. The highest BCUT2D eigenvalue weighted by Crippen LogP contribution is 2.25. The van der Waals surface area contributed by atoms with Crippen molar-refractivity contribution in [1.82, 2.24) is 9.38 Å². The summed E-state index contributed by atoms with van der Waals surface area (Å²) in [6.07, 6.45) is 1.28. The molecule has 0 fully saturated rings. The largest absolute Gasteiger partial charge is 0.387 e. The maximum atomic E-state index is 9.49. The van der Waals surface area contributed by atoms with Crippen LogP contribution >= 0.6 is 11.3 Å². The van der Waals surface area contributed by atoms with Crippen molar-refractivity contribution in [3.63, 3.8) is 0 Å². The smallest absolute Gasteiger partial charge is 0.194 e. The van der Waals surface area contributed by atoms with Crippen molar-refractivity contribution in [3.8, 4) is 0 Å². The van der Waals surface area contributed by atoms with Crippen molar-refractivity contribution in [2.75, 3.05) is 0 Å². The monoisotopic (exact) mass is 196 g/mol. The molecule has 0 amide bonds. The van der Waals surface area contributed by atoms with Gasteiger partial charge in [-0.1, -0.05) is 0 Å². The third kappa shape index (κ3) is 1.17. The number of hydrogen-bond acceptors (Lipinski definition) is 3. The highest BCUT2D eigenvalue weighted by atomic mass is 32.1. The third-order valence-electron chi connectivity index (χ3n) is 2.27. The Labute approximate surface area is 80.7 Å². The second-order valence-electron chi connectivity index (χ2n) is 3.22. The quantitative estimate of drug-likeness (QED) is 0.758. The molecule has 0 radical (unpaired) electrons. The SMILES string of the molecule is Cc1sc2ncc(C(C)O)n2c1C. The van der Waals surface area contributed by atoms with Crippen LogP contribution in [0.25, 0.3) is 4.96 Å². The first kappa shape index (κ1) is 8.72.